The number of anilines is 1. The van der Waals surface area contributed by atoms with E-state index in [0.717, 1.165) is 0 Å². The van der Waals surface area contributed by atoms with Gasteiger partial charge >= 0.3 is 0 Å². The summed E-state index contributed by atoms with van der Waals surface area (Å²) in [5.74, 6) is 0. The quantitative estimate of drug-likeness (QED) is 0.841. The van der Waals surface area contributed by atoms with Gasteiger partial charge in [0.2, 0.25) is 10.0 Å². The maximum atomic E-state index is 11.8. The second kappa shape index (κ2) is 6.01. The fraction of sp³-hybridized carbons (Fsp3) is 0.0833. The third kappa shape index (κ3) is 3.43. The second-order valence-electron chi connectivity index (χ2n) is 3.82. The van der Waals surface area contributed by atoms with E-state index >= 15 is 0 Å². The van der Waals surface area contributed by atoms with Crippen LogP contribution in [0.25, 0.3) is 0 Å². The molecule has 0 aliphatic heterocycles. The van der Waals surface area contributed by atoms with Gasteiger partial charge in [-0.2, -0.15) is 0 Å². The number of nitrogens with zero attached hydrogens (tertiary/aromatic N) is 1. The molecule has 0 saturated carbocycles. The van der Waals surface area contributed by atoms with Crippen molar-refractivity contribution in [3.63, 3.8) is 0 Å². The maximum absolute atomic E-state index is 11.8. The first-order valence-corrected chi connectivity index (χ1v) is 8.22. The molecular weight excluding hydrogens is 318 g/mol. The van der Waals surface area contributed by atoms with Crippen LogP contribution in [0.2, 0.25) is 5.02 Å². The molecule has 0 bridgehead atoms. The predicted molar refractivity (Wildman–Crippen MR) is 80.5 cm³/mol. The van der Waals surface area contributed by atoms with E-state index in [-0.39, 0.29) is 4.90 Å². The Morgan fingerprint density at radius 1 is 1.30 bits per heavy atom. The van der Waals surface area contributed by atoms with Crippen molar-refractivity contribution in [2.45, 2.75) is 14.8 Å². The van der Waals surface area contributed by atoms with E-state index in [4.69, 9.17) is 17.3 Å². The molecule has 0 atom stereocenters. The Labute approximate surface area is 126 Å². The smallest absolute Gasteiger partial charge is 0.240 e. The Morgan fingerprint density at radius 3 is 2.65 bits per heavy atom. The molecule has 0 amide bonds. The van der Waals surface area contributed by atoms with Gasteiger partial charge in [0, 0.05) is 16.8 Å². The van der Waals surface area contributed by atoms with Crippen molar-refractivity contribution in [2.24, 2.45) is 0 Å². The van der Waals surface area contributed by atoms with Crippen LogP contribution in [0.4, 0.5) is 5.69 Å². The minimum absolute atomic E-state index is 0.158. The van der Waals surface area contributed by atoms with Crippen molar-refractivity contribution in [1.29, 1.82) is 0 Å². The summed E-state index contributed by atoms with van der Waals surface area (Å²) < 4.78 is 25.8. The monoisotopic (exact) mass is 329 g/mol. The van der Waals surface area contributed by atoms with Gasteiger partial charge in [0.05, 0.1) is 9.92 Å². The van der Waals surface area contributed by atoms with Crippen molar-refractivity contribution < 1.29 is 8.42 Å². The average molecular weight is 330 g/mol. The molecule has 0 unspecified atom stereocenters. The summed E-state index contributed by atoms with van der Waals surface area (Å²) in [6.07, 6.45) is 1.52. The number of nitrogens with one attached hydrogen (secondary N) is 1. The fourth-order valence-electron chi connectivity index (χ4n) is 1.42. The Bertz CT molecular complexity index is 718. The number of nitrogens with two attached hydrogens (primary N) is 1. The summed E-state index contributed by atoms with van der Waals surface area (Å²) >= 11 is 7.04. The first-order valence-electron chi connectivity index (χ1n) is 5.55. The molecule has 20 heavy (non-hydrogen) atoms. The number of sulfonamides is 1. The minimum atomic E-state index is -3.50. The van der Waals surface area contributed by atoms with Gasteiger partial charge in [-0.3, -0.25) is 0 Å². The van der Waals surface area contributed by atoms with Crippen LogP contribution in [0, 0.1) is 0 Å². The lowest BCUT2D eigenvalue weighted by molar-refractivity contribution is 0.588. The summed E-state index contributed by atoms with van der Waals surface area (Å²) in [6.45, 7) is 0. The summed E-state index contributed by atoms with van der Waals surface area (Å²) in [5.41, 5.74) is 6.35. The van der Waals surface area contributed by atoms with Gasteiger partial charge in [-0.15, -0.1) is 0 Å². The Hall–Kier alpha value is -1.28. The van der Waals surface area contributed by atoms with Crippen molar-refractivity contribution >= 4 is 39.1 Å². The van der Waals surface area contributed by atoms with E-state index < -0.39 is 10.0 Å². The minimum Gasteiger partial charge on any atom is -0.398 e. The molecule has 106 valence electrons. The van der Waals surface area contributed by atoms with E-state index in [1.165, 1.54) is 37.1 Å². The molecule has 0 aliphatic carbocycles. The number of hydrogen-bond acceptors (Lipinski definition) is 5. The molecule has 0 radical (unpaired) electrons. The zero-order chi connectivity index (χ0) is 14.8. The zero-order valence-corrected chi connectivity index (χ0v) is 12.9. The van der Waals surface area contributed by atoms with Crippen molar-refractivity contribution in [2.75, 3.05) is 12.8 Å². The fourth-order valence-corrected chi connectivity index (χ4v) is 3.20. The third-order valence-corrected chi connectivity index (χ3v) is 5.14. The Kier molecular flexibility index (Phi) is 4.54. The van der Waals surface area contributed by atoms with Crippen molar-refractivity contribution in [1.82, 2.24) is 9.71 Å². The number of hydrogen-bond donors (Lipinski definition) is 2. The topological polar surface area (TPSA) is 85.1 Å². The molecule has 0 spiro atoms. The lowest BCUT2D eigenvalue weighted by Crippen LogP contribution is -2.18. The van der Waals surface area contributed by atoms with E-state index in [1.54, 1.807) is 18.2 Å². The summed E-state index contributed by atoms with van der Waals surface area (Å²) in [6, 6.07) is 7.98. The highest BCUT2D eigenvalue weighted by Gasteiger charge is 2.14. The molecule has 5 nitrogen and oxygen atoms in total. The van der Waals surface area contributed by atoms with Crippen LogP contribution in [-0.4, -0.2) is 20.4 Å². The Morgan fingerprint density at radius 2 is 2.05 bits per heavy atom. The van der Waals surface area contributed by atoms with Gasteiger partial charge in [-0.1, -0.05) is 23.4 Å². The summed E-state index contributed by atoms with van der Waals surface area (Å²) in [4.78, 5) is 4.92. The third-order valence-electron chi connectivity index (χ3n) is 2.48. The molecular formula is C12H12ClN3O2S2. The van der Waals surface area contributed by atoms with Crippen LogP contribution in [-0.2, 0) is 10.0 Å². The standard InChI is InChI=1S/C12H12ClN3O2S2/c1-15-20(17,18)9-3-4-10(14)11(6-9)19-12-5-2-8(13)7-16-12/h2-7,15H,14H2,1H3. The van der Waals surface area contributed by atoms with Gasteiger partial charge in [-0.25, -0.2) is 18.1 Å². The summed E-state index contributed by atoms with van der Waals surface area (Å²) in [5, 5.41) is 1.22. The van der Waals surface area contributed by atoms with Gasteiger partial charge in [0.1, 0.15) is 5.03 Å². The molecule has 2 rings (SSSR count). The molecule has 1 heterocycles. The number of benzene rings is 1. The molecule has 8 heteroatoms. The average Bonchev–Trinajstić information content (AvgIpc) is 2.43. The molecule has 0 saturated heterocycles. The molecule has 0 aliphatic rings. The molecule has 1 aromatic heterocycles. The maximum Gasteiger partial charge on any atom is 0.240 e. The van der Waals surface area contributed by atoms with Gasteiger partial charge < -0.3 is 5.73 Å². The zero-order valence-electron chi connectivity index (χ0n) is 10.5. The van der Waals surface area contributed by atoms with Crippen LogP contribution in [0.5, 0.6) is 0 Å². The number of nitrogen functional groups attached to an aromatic ring is 1. The van der Waals surface area contributed by atoms with Crippen molar-refractivity contribution in [3.8, 4) is 0 Å². The number of halogens is 1. The largest absolute Gasteiger partial charge is 0.398 e. The second-order valence-corrected chi connectivity index (χ2v) is 7.21. The van der Waals surface area contributed by atoms with Gasteiger partial charge in [-0.05, 0) is 37.4 Å². The van der Waals surface area contributed by atoms with Crippen LogP contribution >= 0.6 is 23.4 Å². The number of pyridine rings is 1. The predicted octanol–water partition coefficient (Wildman–Crippen LogP) is 2.38. The number of aromatic nitrogens is 1. The molecule has 0 fully saturated rings. The number of rotatable bonds is 4. The first-order chi connectivity index (χ1) is 9.42. The normalized spacial score (nSPS) is 11.5. The van der Waals surface area contributed by atoms with Crippen LogP contribution in [0.3, 0.4) is 0 Å². The van der Waals surface area contributed by atoms with Gasteiger partial charge in [0.25, 0.3) is 0 Å². The Balaban J connectivity index is 2.36. The van der Waals surface area contributed by atoms with Crippen LogP contribution in [0.15, 0.2) is 51.3 Å². The SMILES string of the molecule is CNS(=O)(=O)c1ccc(N)c(Sc2ccc(Cl)cn2)c1. The highest BCUT2D eigenvalue weighted by molar-refractivity contribution is 7.99. The van der Waals surface area contributed by atoms with E-state index in [9.17, 15) is 8.42 Å². The summed E-state index contributed by atoms with van der Waals surface area (Å²) in [7, 11) is -2.14. The molecule has 1 aromatic carbocycles. The highest BCUT2D eigenvalue weighted by atomic mass is 35.5. The van der Waals surface area contributed by atoms with Crippen molar-refractivity contribution in [3.05, 3.63) is 41.6 Å². The van der Waals surface area contributed by atoms with E-state index in [1.807, 2.05) is 0 Å². The highest BCUT2D eigenvalue weighted by Crippen LogP contribution is 2.32. The first kappa shape index (κ1) is 15.1. The van der Waals surface area contributed by atoms with Crippen LogP contribution < -0.4 is 10.5 Å². The molecule has 2 aromatic rings. The van der Waals surface area contributed by atoms with Crippen LogP contribution in [0.1, 0.15) is 0 Å². The van der Waals surface area contributed by atoms with Gasteiger partial charge in [0.15, 0.2) is 0 Å². The lowest BCUT2D eigenvalue weighted by atomic mass is 10.3. The van der Waals surface area contributed by atoms with E-state index in [0.29, 0.717) is 20.6 Å². The van der Waals surface area contributed by atoms with E-state index in [2.05, 4.69) is 9.71 Å². The molecule has 3 N–H and O–H groups in total. The lowest BCUT2D eigenvalue weighted by Gasteiger charge is -2.08.